The maximum absolute atomic E-state index is 6.50. The third-order valence-corrected chi connectivity index (χ3v) is 5.31. The molecule has 0 fully saturated rings. The summed E-state index contributed by atoms with van der Waals surface area (Å²) >= 11 is 8.10. The van der Waals surface area contributed by atoms with Gasteiger partial charge in [-0.15, -0.1) is 5.10 Å². The molecule has 0 amide bonds. The average molecular weight is 434 g/mol. The van der Waals surface area contributed by atoms with Gasteiger partial charge in [0.2, 0.25) is 5.16 Å². The number of rotatable bonds is 11. The SMILES string of the molecule is CCOc1cc(CNCCSc2nnnn2C)cc(Cl)c1OCc1ccccc1. The van der Waals surface area contributed by atoms with E-state index in [0.717, 1.165) is 28.6 Å². The van der Waals surface area contributed by atoms with Crippen LogP contribution in [-0.2, 0) is 20.2 Å². The van der Waals surface area contributed by atoms with Crippen molar-refractivity contribution >= 4 is 23.4 Å². The van der Waals surface area contributed by atoms with E-state index in [1.807, 2.05) is 56.4 Å². The van der Waals surface area contributed by atoms with Crippen molar-refractivity contribution in [1.82, 2.24) is 25.5 Å². The minimum absolute atomic E-state index is 0.437. The molecule has 1 heterocycles. The van der Waals surface area contributed by atoms with Gasteiger partial charge in [0.05, 0.1) is 11.6 Å². The molecule has 3 rings (SSSR count). The molecule has 0 saturated carbocycles. The summed E-state index contributed by atoms with van der Waals surface area (Å²) in [5.41, 5.74) is 2.11. The topological polar surface area (TPSA) is 74.1 Å². The number of nitrogens with zero attached hydrogens (tertiary/aromatic N) is 4. The van der Waals surface area contributed by atoms with Crippen LogP contribution in [0.15, 0.2) is 47.6 Å². The van der Waals surface area contributed by atoms with Crippen LogP contribution in [0.2, 0.25) is 5.02 Å². The van der Waals surface area contributed by atoms with Gasteiger partial charge < -0.3 is 14.8 Å². The van der Waals surface area contributed by atoms with Gasteiger partial charge in [-0.25, -0.2) is 4.68 Å². The summed E-state index contributed by atoms with van der Waals surface area (Å²) in [5, 5.41) is 16.1. The summed E-state index contributed by atoms with van der Waals surface area (Å²) < 4.78 is 13.4. The monoisotopic (exact) mass is 433 g/mol. The molecule has 9 heteroatoms. The standard InChI is InChI=1S/C20H24ClN5O2S/c1-3-27-18-12-16(13-22-9-10-29-20-23-24-25-26(20)2)11-17(21)19(18)28-14-15-7-5-4-6-8-15/h4-8,11-12,22H,3,9-10,13-14H2,1-2H3. The molecule has 0 saturated heterocycles. The minimum atomic E-state index is 0.437. The Hall–Kier alpha value is -2.29. The Kier molecular flexibility index (Phi) is 8.15. The Morgan fingerprint density at radius 2 is 1.97 bits per heavy atom. The lowest BCUT2D eigenvalue weighted by molar-refractivity contribution is 0.269. The smallest absolute Gasteiger partial charge is 0.209 e. The second-order valence-corrected chi connectivity index (χ2v) is 7.69. The summed E-state index contributed by atoms with van der Waals surface area (Å²) in [6.45, 7) is 4.41. The summed E-state index contributed by atoms with van der Waals surface area (Å²) in [6, 6.07) is 13.9. The molecule has 1 aromatic heterocycles. The maximum atomic E-state index is 6.50. The van der Waals surface area contributed by atoms with Crippen LogP contribution in [0.25, 0.3) is 0 Å². The summed E-state index contributed by atoms with van der Waals surface area (Å²) in [7, 11) is 1.83. The van der Waals surface area contributed by atoms with Gasteiger partial charge in [0.1, 0.15) is 6.61 Å². The fraction of sp³-hybridized carbons (Fsp3) is 0.350. The van der Waals surface area contributed by atoms with E-state index >= 15 is 0 Å². The van der Waals surface area contributed by atoms with Crippen LogP contribution in [0.1, 0.15) is 18.1 Å². The first-order valence-corrected chi connectivity index (χ1v) is 10.7. The molecule has 7 nitrogen and oxygen atoms in total. The van der Waals surface area contributed by atoms with Crippen molar-refractivity contribution in [3.8, 4) is 11.5 Å². The highest BCUT2D eigenvalue weighted by Gasteiger charge is 2.13. The third kappa shape index (κ3) is 6.35. The number of hydrogen-bond acceptors (Lipinski definition) is 7. The predicted octanol–water partition coefficient (Wildman–Crippen LogP) is 3.72. The van der Waals surface area contributed by atoms with E-state index in [-0.39, 0.29) is 0 Å². The van der Waals surface area contributed by atoms with Gasteiger partial charge in [0.15, 0.2) is 11.5 Å². The highest BCUT2D eigenvalue weighted by Crippen LogP contribution is 2.37. The molecule has 0 aliphatic rings. The van der Waals surface area contributed by atoms with Crippen molar-refractivity contribution in [2.45, 2.75) is 25.2 Å². The first kappa shape index (κ1) is 21.4. The van der Waals surface area contributed by atoms with E-state index in [1.54, 1.807) is 16.4 Å². The largest absolute Gasteiger partial charge is 0.490 e. The summed E-state index contributed by atoms with van der Waals surface area (Å²) in [6.07, 6.45) is 0. The fourth-order valence-corrected chi connectivity index (χ4v) is 3.68. The van der Waals surface area contributed by atoms with Gasteiger partial charge in [-0.05, 0) is 40.6 Å². The molecule has 0 aliphatic carbocycles. The van der Waals surface area contributed by atoms with Gasteiger partial charge in [-0.3, -0.25) is 0 Å². The number of halogens is 1. The van der Waals surface area contributed by atoms with Crippen LogP contribution in [0.5, 0.6) is 11.5 Å². The highest BCUT2D eigenvalue weighted by atomic mass is 35.5. The van der Waals surface area contributed by atoms with Crippen LogP contribution in [0, 0.1) is 0 Å². The number of thioether (sulfide) groups is 1. The quantitative estimate of drug-likeness (QED) is 0.365. The van der Waals surface area contributed by atoms with Crippen molar-refractivity contribution in [2.75, 3.05) is 18.9 Å². The van der Waals surface area contributed by atoms with Crippen LogP contribution in [-0.4, -0.2) is 39.1 Å². The van der Waals surface area contributed by atoms with Gasteiger partial charge >= 0.3 is 0 Å². The Bertz CT molecular complexity index is 907. The molecule has 0 spiro atoms. The van der Waals surface area contributed by atoms with E-state index in [4.69, 9.17) is 21.1 Å². The normalized spacial score (nSPS) is 10.9. The molecule has 0 radical (unpaired) electrons. The van der Waals surface area contributed by atoms with E-state index in [0.29, 0.717) is 36.3 Å². The molecule has 0 atom stereocenters. The predicted molar refractivity (Wildman–Crippen MR) is 115 cm³/mol. The first-order valence-electron chi connectivity index (χ1n) is 9.35. The average Bonchev–Trinajstić information content (AvgIpc) is 3.13. The van der Waals surface area contributed by atoms with Crippen molar-refractivity contribution in [3.05, 3.63) is 58.6 Å². The third-order valence-electron chi connectivity index (χ3n) is 4.02. The summed E-state index contributed by atoms with van der Waals surface area (Å²) in [5.74, 6) is 2.09. The molecule has 0 unspecified atom stereocenters. The fourth-order valence-electron chi connectivity index (χ4n) is 2.65. The lowest BCUT2D eigenvalue weighted by Gasteiger charge is -2.15. The number of aryl methyl sites for hydroxylation is 1. The van der Waals surface area contributed by atoms with Gasteiger partial charge in [-0.2, -0.15) is 0 Å². The van der Waals surface area contributed by atoms with E-state index in [9.17, 15) is 0 Å². The molecule has 154 valence electrons. The Balaban J connectivity index is 1.55. The number of benzene rings is 2. The maximum Gasteiger partial charge on any atom is 0.209 e. The van der Waals surface area contributed by atoms with E-state index < -0.39 is 0 Å². The van der Waals surface area contributed by atoms with Crippen LogP contribution in [0.4, 0.5) is 0 Å². The van der Waals surface area contributed by atoms with Gasteiger partial charge in [-0.1, -0.05) is 53.7 Å². The van der Waals surface area contributed by atoms with Gasteiger partial charge in [0, 0.05) is 25.9 Å². The second-order valence-electron chi connectivity index (χ2n) is 6.22. The van der Waals surface area contributed by atoms with Crippen molar-refractivity contribution in [2.24, 2.45) is 7.05 Å². The second kappa shape index (κ2) is 11.0. The zero-order valence-corrected chi connectivity index (χ0v) is 18.0. The molecule has 3 aromatic rings. The number of ether oxygens (including phenoxy) is 2. The molecule has 29 heavy (non-hydrogen) atoms. The zero-order valence-electron chi connectivity index (χ0n) is 16.5. The van der Waals surface area contributed by atoms with Crippen LogP contribution < -0.4 is 14.8 Å². The number of aromatic nitrogens is 4. The molecule has 1 N–H and O–H groups in total. The Morgan fingerprint density at radius 3 is 2.69 bits per heavy atom. The van der Waals surface area contributed by atoms with Crippen molar-refractivity contribution in [3.63, 3.8) is 0 Å². The van der Waals surface area contributed by atoms with Crippen molar-refractivity contribution in [1.29, 1.82) is 0 Å². The van der Waals surface area contributed by atoms with E-state index in [2.05, 4.69) is 20.8 Å². The first-order chi connectivity index (χ1) is 14.2. The lowest BCUT2D eigenvalue weighted by atomic mass is 10.2. The minimum Gasteiger partial charge on any atom is -0.490 e. The molecule has 2 aromatic carbocycles. The Morgan fingerprint density at radius 1 is 1.14 bits per heavy atom. The van der Waals surface area contributed by atoms with E-state index in [1.165, 1.54) is 0 Å². The van der Waals surface area contributed by atoms with Crippen LogP contribution in [0.3, 0.4) is 0 Å². The van der Waals surface area contributed by atoms with Gasteiger partial charge in [0.25, 0.3) is 0 Å². The number of nitrogens with one attached hydrogen (secondary N) is 1. The zero-order chi connectivity index (χ0) is 20.5. The number of hydrogen-bond donors (Lipinski definition) is 1. The lowest BCUT2D eigenvalue weighted by Crippen LogP contribution is -2.17. The highest BCUT2D eigenvalue weighted by molar-refractivity contribution is 7.99. The van der Waals surface area contributed by atoms with Crippen molar-refractivity contribution < 1.29 is 9.47 Å². The van der Waals surface area contributed by atoms with Crippen LogP contribution >= 0.6 is 23.4 Å². The molecule has 0 bridgehead atoms. The number of tetrazole rings is 1. The Labute approximate surface area is 179 Å². The summed E-state index contributed by atoms with van der Waals surface area (Å²) in [4.78, 5) is 0. The molecule has 0 aliphatic heterocycles. The molecular weight excluding hydrogens is 410 g/mol. The molecular formula is C20H24ClN5O2S.